The SMILES string of the molecule is COc1ccc(COc2cc(Cl)ccc2C(N)=S)cc1Br. The standard InChI is InChI=1S/C15H13BrClNO2S/c1-19-13-5-2-9(6-12(13)16)8-20-14-7-10(17)3-4-11(14)15(18)21/h2-7H,8H2,1H3,(H2,18,21). The van der Waals surface area contributed by atoms with E-state index in [0.717, 1.165) is 15.8 Å². The molecule has 2 aromatic carbocycles. The Hall–Kier alpha value is -1.30. The molecule has 0 spiro atoms. The van der Waals surface area contributed by atoms with E-state index in [1.165, 1.54) is 0 Å². The zero-order valence-corrected chi connectivity index (χ0v) is 14.4. The average Bonchev–Trinajstić information content (AvgIpc) is 2.45. The van der Waals surface area contributed by atoms with Gasteiger partial charge in [-0.1, -0.05) is 29.9 Å². The van der Waals surface area contributed by atoms with Gasteiger partial charge in [0.15, 0.2) is 0 Å². The van der Waals surface area contributed by atoms with Gasteiger partial charge < -0.3 is 15.2 Å². The Morgan fingerprint density at radius 3 is 2.62 bits per heavy atom. The van der Waals surface area contributed by atoms with Crippen LogP contribution in [0.4, 0.5) is 0 Å². The molecular formula is C15H13BrClNO2S. The first kappa shape index (κ1) is 16.1. The first-order chi connectivity index (χ1) is 10.0. The van der Waals surface area contributed by atoms with Crippen molar-refractivity contribution in [2.24, 2.45) is 5.73 Å². The summed E-state index contributed by atoms with van der Waals surface area (Å²) in [5.41, 5.74) is 7.33. The highest BCUT2D eigenvalue weighted by Gasteiger charge is 2.08. The van der Waals surface area contributed by atoms with E-state index >= 15 is 0 Å². The monoisotopic (exact) mass is 385 g/mol. The van der Waals surface area contributed by atoms with Crippen LogP contribution in [-0.4, -0.2) is 12.1 Å². The van der Waals surface area contributed by atoms with E-state index in [9.17, 15) is 0 Å². The van der Waals surface area contributed by atoms with Crippen LogP contribution in [0.3, 0.4) is 0 Å². The van der Waals surface area contributed by atoms with E-state index in [2.05, 4.69) is 15.9 Å². The Morgan fingerprint density at radius 1 is 1.24 bits per heavy atom. The van der Waals surface area contributed by atoms with E-state index in [4.69, 9.17) is 39.0 Å². The normalized spacial score (nSPS) is 10.2. The maximum atomic E-state index is 5.98. The van der Waals surface area contributed by atoms with Crippen LogP contribution in [0.2, 0.25) is 5.02 Å². The molecule has 0 aliphatic rings. The molecule has 2 aromatic rings. The van der Waals surface area contributed by atoms with Gasteiger partial charge in [-0.3, -0.25) is 0 Å². The summed E-state index contributed by atoms with van der Waals surface area (Å²) in [5.74, 6) is 1.34. The summed E-state index contributed by atoms with van der Waals surface area (Å²) < 4.78 is 11.8. The third kappa shape index (κ3) is 4.09. The van der Waals surface area contributed by atoms with Crippen molar-refractivity contribution in [3.8, 4) is 11.5 Å². The lowest BCUT2D eigenvalue weighted by Crippen LogP contribution is -2.11. The van der Waals surface area contributed by atoms with E-state index in [-0.39, 0.29) is 4.99 Å². The molecule has 2 N–H and O–H groups in total. The minimum atomic E-state index is 0.276. The predicted molar refractivity (Wildman–Crippen MR) is 92.4 cm³/mol. The van der Waals surface area contributed by atoms with Crippen molar-refractivity contribution in [2.45, 2.75) is 6.61 Å². The summed E-state index contributed by atoms with van der Waals surface area (Å²) in [6.45, 7) is 0.374. The molecule has 0 atom stereocenters. The van der Waals surface area contributed by atoms with Crippen molar-refractivity contribution in [1.82, 2.24) is 0 Å². The van der Waals surface area contributed by atoms with E-state index in [1.807, 2.05) is 18.2 Å². The molecule has 110 valence electrons. The summed E-state index contributed by atoms with van der Waals surface area (Å²) in [6, 6.07) is 10.9. The molecule has 0 aliphatic carbocycles. The molecule has 0 aromatic heterocycles. The van der Waals surface area contributed by atoms with Crippen molar-refractivity contribution in [1.29, 1.82) is 0 Å². The minimum absolute atomic E-state index is 0.276. The zero-order valence-electron chi connectivity index (χ0n) is 11.2. The Balaban J connectivity index is 2.18. The minimum Gasteiger partial charge on any atom is -0.496 e. The molecule has 0 bridgehead atoms. The molecule has 0 aliphatic heterocycles. The van der Waals surface area contributed by atoms with Gasteiger partial charge in [0.2, 0.25) is 0 Å². The zero-order chi connectivity index (χ0) is 15.4. The fourth-order valence-electron chi connectivity index (χ4n) is 1.78. The van der Waals surface area contributed by atoms with E-state index in [1.54, 1.807) is 25.3 Å². The topological polar surface area (TPSA) is 44.5 Å². The smallest absolute Gasteiger partial charge is 0.133 e. The van der Waals surface area contributed by atoms with Gasteiger partial charge in [-0.2, -0.15) is 0 Å². The number of rotatable bonds is 5. The van der Waals surface area contributed by atoms with Crippen LogP contribution in [0.5, 0.6) is 11.5 Å². The Bertz CT molecular complexity index is 679. The molecule has 0 saturated heterocycles. The number of hydrogen-bond donors (Lipinski definition) is 1. The summed E-state index contributed by atoms with van der Waals surface area (Å²) in [5, 5.41) is 0.570. The van der Waals surface area contributed by atoms with Crippen LogP contribution in [0.15, 0.2) is 40.9 Å². The van der Waals surface area contributed by atoms with Crippen LogP contribution in [0, 0.1) is 0 Å². The van der Waals surface area contributed by atoms with Crippen LogP contribution >= 0.6 is 39.7 Å². The van der Waals surface area contributed by atoms with Crippen LogP contribution < -0.4 is 15.2 Å². The van der Waals surface area contributed by atoms with Crippen molar-refractivity contribution in [3.05, 3.63) is 57.0 Å². The Kier molecular flexibility index (Phi) is 5.45. The van der Waals surface area contributed by atoms with Gasteiger partial charge in [0.05, 0.1) is 17.1 Å². The highest BCUT2D eigenvalue weighted by atomic mass is 79.9. The number of methoxy groups -OCH3 is 1. The van der Waals surface area contributed by atoms with Gasteiger partial charge in [0.25, 0.3) is 0 Å². The maximum Gasteiger partial charge on any atom is 0.133 e. The van der Waals surface area contributed by atoms with E-state index in [0.29, 0.717) is 22.9 Å². The van der Waals surface area contributed by atoms with Gasteiger partial charge in [-0.15, -0.1) is 0 Å². The fourth-order valence-corrected chi connectivity index (χ4v) is 2.70. The summed E-state index contributed by atoms with van der Waals surface area (Å²) in [6.07, 6.45) is 0. The highest BCUT2D eigenvalue weighted by Crippen LogP contribution is 2.27. The predicted octanol–water partition coefficient (Wildman–Crippen LogP) is 4.32. The van der Waals surface area contributed by atoms with Crippen LogP contribution in [0.1, 0.15) is 11.1 Å². The molecule has 2 rings (SSSR count). The molecule has 6 heteroatoms. The number of halogens is 2. The number of nitrogens with two attached hydrogens (primary N) is 1. The van der Waals surface area contributed by atoms with Crippen molar-refractivity contribution in [2.75, 3.05) is 7.11 Å². The third-order valence-corrected chi connectivity index (χ3v) is 3.89. The van der Waals surface area contributed by atoms with Gasteiger partial charge in [-0.05, 0) is 51.8 Å². The molecule has 0 unspecified atom stereocenters. The molecule has 0 radical (unpaired) electrons. The lowest BCUT2D eigenvalue weighted by atomic mass is 10.2. The second kappa shape index (κ2) is 7.11. The number of thiocarbonyl (C=S) groups is 1. The molecule has 0 saturated carbocycles. The molecule has 0 amide bonds. The van der Waals surface area contributed by atoms with Gasteiger partial charge in [0.1, 0.15) is 23.1 Å². The summed E-state index contributed by atoms with van der Waals surface area (Å²) in [7, 11) is 1.62. The highest BCUT2D eigenvalue weighted by molar-refractivity contribution is 9.10. The average molecular weight is 387 g/mol. The first-order valence-electron chi connectivity index (χ1n) is 6.06. The van der Waals surface area contributed by atoms with Crippen LogP contribution in [0.25, 0.3) is 0 Å². The van der Waals surface area contributed by atoms with Crippen molar-refractivity contribution < 1.29 is 9.47 Å². The van der Waals surface area contributed by atoms with Gasteiger partial charge in [-0.25, -0.2) is 0 Å². The van der Waals surface area contributed by atoms with Gasteiger partial charge >= 0.3 is 0 Å². The van der Waals surface area contributed by atoms with Crippen molar-refractivity contribution >= 4 is 44.7 Å². The van der Waals surface area contributed by atoms with Crippen LogP contribution in [-0.2, 0) is 6.61 Å². The largest absolute Gasteiger partial charge is 0.496 e. The lowest BCUT2D eigenvalue weighted by molar-refractivity contribution is 0.305. The number of ether oxygens (including phenoxy) is 2. The second-order valence-electron chi connectivity index (χ2n) is 4.26. The molecule has 3 nitrogen and oxygen atoms in total. The maximum absolute atomic E-state index is 5.98. The summed E-state index contributed by atoms with van der Waals surface area (Å²) in [4.78, 5) is 0.276. The lowest BCUT2D eigenvalue weighted by Gasteiger charge is -2.12. The number of hydrogen-bond acceptors (Lipinski definition) is 3. The first-order valence-corrected chi connectivity index (χ1v) is 7.63. The number of benzene rings is 2. The Labute approximate surface area is 142 Å². The molecule has 0 heterocycles. The third-order valence-electron chi connectivity index (χ3n) is 2.82. The summed E-state index contributed by atoms with van der Waals surface area (Å²) >= 11 is 14.4. The fraction of sp³-hybridized carbons (Fsp3) is 0.133. The molecule has 21 heavy (non-hydrogen) atoms. The second-order valence-corrected chi connectivity index (χ2v) is 5.99. The molecular weight excluding hydrogens is 374 g/mol. The van der Waals surface area contributed by atoms with E-state index < -0.39 is 0 Å². The van der Waals surface area contributed by atoms with Gasteiger partial charge in [0, 0.05) is 5.02 Å². The Morgan fingerprint density at radius 2 is 2.00 bits per heavy atom. The quantitative estimate of drug-likeness (QED) is 0.777. The molecule has 0 fully saturated rings. The van der Waals surface area contributed by atoms with Crippen molar-refractivity contribution in [3.63, 3.8) is 0 Å².